The number of halogens is 1. The topological polar surface area (TPSA) is 102 Å². The van der Waals surface area contributed by atoms with E-state index in [1.165, 1.54) is 0 Å². The van der Waals surface area contributed by atoms with Gasteiger partial charge in [0, 0.05) is 4.47 Å². The molecule has 0 aliphatic carbocycles. The van der Waals surface area contributed by atoms with Gasteiger partial charge in [-0.05, 0) is 72.1 Å². The van der Waals surface area contributed by atoms with Crippen LogP contribution in [0.3, 0.4) is 0 Å². The minimum absolute atomic E-state index is 0.125. The zero-order valence-corrected chi connectivity index (χ0v) is 19.3. The second kappa shape index (κ2) is 10.1. The third-order valence-corrected chi connectivity index (χ3v) is 4.18. The third-order valence-electron chi connectivity index (χ3n) is 3.65. The van der Waals surface area contributed by atoms with Gasteiger partial charge in [0.15, 0.2) is 0 Å². The predicted octanol–water partition coefficient (Wildman–Crippen LogP) is 4.32. The molecule has 0 spiro atoms. The van der Waals surface area contributed by atoms with E-state index in [2.05, 4.69) is 21.2 Å². The maximum atomic E-state index is 12.6. The van der Waals surface area contributed by atoms with Gasteiger partial charge in [-0.1, -0.05) is 28.1 Å². The molecule has 0 saturated carbocycles. The molecule has 0 unspecified atom stereocenters. The van der Waals surface area contributed by atoms with Gasteiger partial charge in [-0.25, -0.2) is 9.59 Å². The summed E-state index contributed by atoms with van der Waals surface area (Å²) in [6, 6.07) is 6.10. The molecule has 0 fully saturated rings. The van der Waals surface area contributed by atoms with Crippen molar-refractivity contribution in [2.45, 2.75) is 71.6 Å². The lowest BCUT2D eigenvalue weighted by Gasteiger charge is -2.27. The average Bonchev–Trinajstić information content (AvgIpc) is 2.51. The summed E-state index contributed by atoms with van der Waals surface area (Å²) in [5.41, 5.74) is -0.734. The van der Waals surface area contributed by atoms with E-state index in [0.29, 0.717) is 0 Å². The van der Waals surface area contributed by atoms with Gasteiger partial charge in [-0.3, -0.25) is 4.79 Å². The maximum Gasteiger partial charge on any atom is 0.408 e. The maximum absolute atomic E-state index is 12.6. The fraction of sp³-hybridized carbons (Fsp3) is 0.571. The molecule has 7 nitrogen and oxygen atoms in total. The number of carbonyl (C=O) groups is 3. The van der Waals surface area contributed by atoms with Crippen LogP contribution in [0.1, 0.15) is 53.5 Å². The van der Waals surface area contributed by atoms with Gasteiger partial charge in [0.2, 0.25) is 0 Å². The monoisotopic (exact) mass is 471 g/mol. The summed E-state index contributed by atoms with van der Waals surface area (Å²) in [5.74, 6) is -2.67. The first-order valence-corrected chi connectivity index (χ1v) is 10.2. The van der Waals surface area contributed by atoms with Gasteiger partial charge in [0.1, 0.15) is 17.2 Å². The molecule has 0 aliphatic rings. The molecule has 162 valence electrons. The first-order chi connectivity index (χ1) is 13.2. The molecule has 0 aromatic heterocycles. The predicted molar refractivity (Wildman–Crippen MR) is 113 cm³/mol. The zero-order chi connectivity index (χ0) is 22.4. The van der Waals surface area contributed by atoms with Gasteiger partial charge in [0.25, 0.3) is 0 Å². The van der Waals surface area contributed by atoms with Crippen LogP contribution in [0, 0.1) is 5.92 Å². The van der Waals surface area contributed by atoms with E-state index in [-0.39, 0.29) is 12.8 Å². The number of ether oxygens (including phenoxy) is 2. The molecule has 1 aromatic rings. The van der Waals surface area contributed by atoms with Crippen molar-refractivity contribution in [2.75, 3.05) is 0 Å². The SMILES string of the molecule is CC(C)(C)OC(=O)N[C@@H](C[C@H](Cc1ccc(Br)cc1)C(=O)O)C(=O)OC(C)(C)C. The smallest absolute Gasteiger partial charge is 0.408 e. The molecule has 2 atom stereocenters. The molecular formula is C21H30BrNO6. The number of amides is 1. The molecule has 1 rings (SSSR count). The summed E-state index contributed by atoms with van der Waals surface area (Å²) in [6.07, 6.45) is -0.724. The lowest BCUT2D eigenvalue weighted by atomic mass is 9.92. The van der Waals surface area contributed by atoms with Crippen molar-refractivity contribution >= 4 is 34.0 Å². The van der Waals surface area contributed by atoms with E-state index in [9.17, 15) is 19.5 Å². The van der Waals surface area contributed by atoms with Gasteiger partial charge in [-0.2, -0.15) is 0 Å². The molecule has 0 bridgehead atoms. The molecule has 1 amide bonds. The first-order valence-electron chi connectivity index (χ1n) is 9.36. The van der Waals surface area contributed by atoms with Crippen LogP contribution in [-0.4, -0.2) is 40.4 Å². The van der Waals surface area contributed by atoms with Crippen molar-refractivity contribution < 1.29 is 29.0 Å². The van der Waals surface area contributed by atoms with Crippen LogP contribution in [0.5, 0.6) is 0 Å². The Morgan fingerprint density at radius 1 is 1.00 bits per heavy atom. The highest BCUT2D eigenvalue weighted by molar-refractivity contribution is 9.10. The van der Waals surface area contributed by atoms with E-state index < -0.39 is 41.2 Å². The largest absolute Gasteiger partial charge is 0.481 e. The van der Waals surface area contributed by atoms with Crippen LogP contribution < -0.4 is 5.32 Å². The molecule has 0 aliphatic heterocycles. The van der Waals surface area contributed by atoms with E-state index in [4.69, 9.17) is 9.47 Å². The quantitative estimate of drug-likeness (QED) is 0.574. The number of rotatable bonds is 7. The molecule has 0 saturated heterocycles. The van der Waals surface area contributed by atoms with Crippen LogP contribution in [0.25, 0.3) is 0 Å². The van der Waals surface area contributed by atoms with Crippen LogP contribution in [-0.2, 0) is 25.5 Å². The highest BCUT2D eigenvalue weighted by Crippen LogP contribution is 2.20. The van der Waals surface area contributed by atoms with Gasteiger partial charge in [0.05, 0.1) is 5.92 Å². The van der Waals surface area contributed by atoms with E-state index in [1.807, 2.05) is 24.3 Å². The second-order valence-electron chi connectivity index (χ2n) is 8.83. The Morgan fingerprint density at radius 2 is 1.52 bits per heavy atom. The molecule has 8 heteroatoms. The van der Waals surface area contributed by atoms with Crippen molar-refractivity contribution in [2.24, 2.45) is 5.92 Å². The number of carbonyl (C=O) groups excluding carboxylic acids is 2. The third kappa shape index (κ3) is 10.3. The normalized spacial score (nSPS) is 13.9. The number of nitrogens with one attached hydrogen (secondary N) is 1. The molecule has 29 heavy (non-hydrogen) atoms. The Bertz CT molecular complexity index is 718. The molecule has 0 heterocycles. The molecular weight excluding hydrogens is 442 g/mol. The minimum atomic E-state index is -1.15. The Hall–Kier alpha value is -2.09. The summed E-state index contributed by atoms with van der Waals surface area (Å²) in [4.78, 5) is 36.6. The lowest BCUT2D eigenvalue weighted by molar-refractivity contribution is -0.158. The van der Waals surface area contributed by atoms with Crippen molar-refractivity contribution in [3.8, 4) is 0 Å². The second-order valence-corrected chi connectivity index (χ2v) is 9.75. The van der Waals surface area contributed by atoms with Crippen LogP contribution in [0.2, 0.25) is 0 Å². The number of aliphatic carboxylic acids is 1. The lowest BCUT2D eigenvalue weighted by Crippen LogP contribution is -2.47. The zero-order valence-electron chi connectivity index (χ0n) is 17.7. The van der Waals surface area contributed by atoms with Gasteiger partial charge >= 0.3 is 18.0 Å². The van der Waals surface area contributed by atoms with Crippen molar-refractivity contribution in [1.29, 1.82) is 0 Å². The van der Waals surface area contributed by atoms with Crippen molar-refractivity contribution in [3.05, 3.63) is 34.3 Å². The molecule has 1 aromatic carbocycles. The fourth-order valence-corrected chi connectivity index (χ4v) is 2.76. The summed E-state index contributed by atoms with van der Waals surface area (Å²) in [7, 11) is 0. The Kier molecular flexibility index (Phi) is 8.68. The number of alkyl carbamates (subject to hydrolysis) is 1. The Morgan fingerprint density at radius 3 is 1.97 bits per heavy atom. The van der Waals surface area contributed by atoms with E-state index >= 15 is 0 Å². The molecule has 2 N–H and O–H groups in total. The fourth-order valence-electron chi connectivity index (χ4n) is 2.50. The van der Waals surface area contributed by atoms with E-state index in [0.717, 1.165) is 10.0 Å². The summed E-state index contributed by atoms with van der Waals surface area (Å²) in [6.45, 7) is 10.2. The summed E-state index contributed by atoms with van der Waals surface area (Å²) in [5, 5.41) is 12.1. The van der Waals surface area contributed by atoms with Crippen LogP contribution in [0.4, 0.5) is 4.79 Å². The average molecular weight is 472 g/mol. The standard InChI is InChI=1S/C21H30BrNO6/c1-20(2,3)28-18(26)16(23-19(27)29-21(4,5)6)12-14(17(24)25)11-13-7-9-15(22)10-8-13/h7-10,14,16H,11-12H2,1-6H3,(H,23,27)(H,24,25)/t14-,16-/m0/s1. The summed E-state index contributed by atoms with van der Waals surface area (Å²) < 4.78 is 11.5. The Balaban J connectivity index is 3.00. The highest BCUT2D eigenvalue weighted by atomic mass is 79.9. The van der Waals surface area contributed by atoms with Crippen molar-refractivity contribution in [3.63, 3.8) is 0 Å². The number of carboxylic acids is 1. The van der Waals surface area contributed by atoms with Crippen LogP contribution >= 0.6 is 15.9 Å². The number of carboxylic acid groups (broad SMARTS) is 1. The number of esters is 1. The molecule has 0 radical (unpaired) electrons. The van der Waals surface area contributed by atoms with Crippen LogP contribution in [0.15, 0.2) is 28.7 Å². The first kappa shape index (κ1) is 24.9. The summed E-state index contributed by atoms with van der Waals surface area (Å²) >= 11 is 3.34. The number of benzene rings is 1. The van der Waals surface area contributed by atoms with Gasteiger partial charge in [-0.15, -0.1) is 0 Å². The minimum Gasteiger partial charge on any atom is -0.481 e. The van der Waals surface area contributed by atoms with E-state index in [1.54, 1.807) is 41.5 Å². The Labute approximate surface area is 180 Å². The number of hydrogen-bond donors (Lipinski definition) is 2. The van der Waals surface area contributed by atoms with Crippen molar-refractivity contribution in [1.82, 2.24) is 5.32 Å². The van der Waals surface area contributed by atoms with Gasteiger partial charge < -0.3 is 19.9 Å². The number of hydrogen-bond acceptors (Lipinski definition) is 5. The highest BCUT2D eigenvalue weighted by Gasteiger charge is 2.33.